The van der Waals surface area contributed by atoms with Gasteiger partial charge < -0.3 is 15.2 Å². The fraction of sp³-hybridized carbons (Fsp3) is 0.0769. The Labute approximate surface area is 190 Å². The van der Waals surface area contributed by atoms with Gasteiger partial charge in [-0.05, 0) is 38.1 Å². The Morgan fingerprint density at radius 3 is 2.12 bits per heavy atom. The maximum absolute atomic E-state index is 13.1. The molecular weight excluding hydrogens is 418 g/mol. The smallest absolute Gasteiger partial charge is 0.277 e. The van der Waals surface area contributed by atoms with Crippen molar-refractivity contribution in [1.29, 1.82) is 0 Å². The first-order valence-electron chi connectivity index (χ1n) is 10.3. The van der Waals surface area contributed by atoms with Gasteiger partial charge in [0.2, 0.25) is 0 Å². The van der Waals surface area contributed by atoms with Crippen molar-refractivity contribution >= 4 is 29.0 Å². The maximum atomic E-state index is 13.1. The first-order valence-corrected chi connectivity index (χ1v) is 10.3. The van der Waals surface area contributed by atoms with Crippen LogP contribution in [0.2, 0.25) is 0 Å². The van der Waals surface area contributed by atoms with Crippen molar-refractivity contribution < 1.29 is 18.9 Å². The summed E-state index contributed by atoms with van der Waals surface area (Å²) < 4.78 is 4.94. The number of hydrogen-bond donors (Lipinski definition) is 2. The Balaban J connectivity index is 1.61. The average Bonchev–Trinajstić information content (AvgIpc) is 3.27. The largest absolute Gasteiger partial charge is 0.361 e. The standard InChI is InChI=1S/C26H21N3O4/c1-16-12-13-22(20(14-16)24(30)18-8-4-3-5-9-18)27-25(31)19-10-6-7-11-21(19)28-26(32)23-15-17(2)33-29-23/h3-15H,1-2H3,(H,27,31)(H,28,32). The van der Waals surface area contributed by atoms with Gasteiger partial charge in [-0.15, -0.1) is 0 Å². The first kappa shape index (κ1) is 21.7. The van der Waals surface area contributed by atoms with Crippen molar-refractivity contribution in [1.82, 2.24) is 5.16 Å². The molecule has 1 heterocycles. The van der Waals surface area contributed by atoms with Gasteiger partial charge in [-0.25, -0.2) is 0 Å². The van der Waals surface area contributed by atoms with Crippen LogP contribution in [0.15, 0.2) is 83.4 Å². The number of hydrogen-bond acceptors (Lipinski definition) is 5. The van der Waals surface area contributed by atoms with Crippen LogP contribution in [0.4, 0.5) is 11.4 Å². The highest BCUT2D eigenvalue weighted by molar-refractivity contribution is 6.17. The van der Waals surface area contributed by atoms with Crippen molar-refractivity contribution in [3.05, 3.63) is 113 Å². The summed E-state index contributed by atoms with van der Waals surface area (Å²) in [5, 5.41) is 9.20. The van der Waals surface area contributed by atoms with E-state index in [1.165, 1.54) is 6.07 Å². The summed E-state index contributed by atoms with van der Waals surface area (Å²) in [6.07, 6.45) is 0. The number of aromatic nitrogens is 1. The number of nitrogens with zero attached hydrogens (tertiary/aromatic N) is 1. The molecule has 0 aliphatic carbocycles. The summed E-state index contributed by atoms with van der Waals surface area (Å²) in [4.78, 5) is 38.7. The van der Waals surface area contributed by atoms with Gasteiger partial charge in [-0.3, -0.25) is 14.4 Å². The van der Waals surface area contributed by atoms with E-state index in [1.807, 2.05) is 19.1 Å². The number of nitrogens with one attached hydrogen (secondary N) is 2. The zero-order valence-corrected chi connectivity index (χ0v) is 18.1. The number of anilines is 2. The fourth-order valence-corrected chi connectivity index (χ4v) is 3.34. The highest BCUT2D eigenvalue weighted by Gasteiger charge is 2.19. The molecule has 0 bridgehead atoms. The lowest BCUT2D eigenvalue weighted by molar-refractivity contribution is 0.101. The molecule has 0 spiro atoms. The molecule has 7 nitrogen and oxygen atoms in total. The van der Waals surface area contributed by atoms with Gasteiger partial charge in [0.15, 0.2) is 11.5 Å². The monoisotopic (exact) mass is 439 g/mol. The summed E-state index contributed by atoms with van der Waals surface area (Å²) in [7, 11) is 0. The molecule has 2 N–H and O–H groups in total. The summed E-state index contributed by atoms with van der Waals surface area (Å²) in [6.45, 7) is 3.56. The molecule has 1 aromatic heterocycles. The third-order valence-electron chi connectivity index (χ3n) is 4.98. The minimum Gasteiger partial charge on any atom is -0.361 e. The van der Waals surface area contributed by atoms with Gasteiger partial charge in [-0.2, -0.15) is 0 Å². The zero-order chi connectivity index (χ0) is 23.4. The van der Waals surface area contributed by atoms with Gasteiger partial charge >= 0.3 is 0 Å². The minimum absolute atomic E-state index is 0.108. The number of ketones is 1. The van der Waals surface area contributed by atoms with Crippen LogP contribution in [0.3, 0.4) is 0 Å². The number of benzene rings is 3. The van der Waals surface area contributed by atoms with Crippen LogP contribution in [-0.2, 0) is 0 Å². The van der Waals surface area contributed by atoms with E-state index in [4.69, 9.17) is 4.52 Å². The molecule has 33 heavy (non-hydrogen) atoms. The topological polar surface area (TPSA) is 101 Å². The van der Waals surface area contributed by atoms with Gasteiger partial charge in [0, 0.05) is 17.2 Å². The van der Waals surface area contributed by atoms with Crippen LogP contribution in [0, 0.1) is 13.8 Å². The summed E-state index contributed by atoms with van der Waals surface area (Å²) in [6, 6.07) is 22.2. The number of aryl methyl sites for hydroxylation is 2. The lowest BCUT2D eigenvalue weighted by Crippen LogP contribution is -2.19. The van der Waals surface area contributed by atoms with Gasteiger partial charge in [0.05, 0.1) is 16.9 Å². The predicted molar refractivity (Wildman–Crippen MR) is 125 cm³/mol. The zero-order valence-electron chi connectivity index (χ0n) is 18.1. The minimum atomic E-state index is -0.498. The summed E-state index contributed by atoms with van der Waals surface area (Å²) in [5.41, 5.74) is 2.84. The van der Waals surface area contributed by atoms with Crippen molar-refractivity contribution in [3.8, 4) is 0 Å². The van der Waals surface area contributed by atoms with E-state index in [1.54, 1.807) is 67.6 Å². The third kappa shape index (κ3) is 4.88. The molecule has 0 radical (unpaired) electrons. The maximum Gasteiger partial charge on any atom is 0.277 e. The third-order valence-corrected chi connectivity index (χ3v) is 4.98. The quantitative estimate of drug-likeness (QED) is 0.411. The van der Waals surface area contributed by atoms with E-state index >= 15 is 0 Å². The van der Waals surface area contributed by atoms with E-state index in [0.29, 0.717) is 28.3 Å². The highest BCUT2D eigenvalue weighted by atomic mass is 16.5. The van der Waals surface area contributed by atoms with Crippen LogP contribution in [-0.4, -0.2) is 22.8 Å². The number of amides is 2. The van der Waals surface area contributed by atoms with Gasteiger partial charge in [0.25, 0.3) is 11.8 Å². The lowest BCUT2D eigenvalue weighted by Gasteiger charge is -2.14. The highest BCUT2D eigenvalue weighted by Crippen LogP contribution is 2.24. The van der Waals surface area contributed by atoms with Crippen molar-refractivity contribution in [3.63, 3.8) is 0 Å². The Morgan fingerprint density at radius 1 is 0.727 bits per heavy atom. The van der Waals surface area contributed by atoms with Crippen molar-refractivity contribution in [2.75, 3.05) is 10.6 Å². The molecule has 4 aromatic rings. The Hall–Kier alpha value is -4.52. The molecule has 7 heteroatoms. The van der Waals surface area contributed by atoms with Crippen LogP contribution in [0.25, 0.3) is 0 Å². The summed E-state index contributed by atoms with van der Waals surface area (Å²) in [5.74, 6) is -0.658. The molecule has 0 atom stereocenters. The molecule has 0 aliphatic heterocycles. The summed E-state index contributed by atoms with van der Waals surface area (Å²) >= 11 is 0. The van der Waals surface area contributed by atoms with Crippen LogP contribution in [0.5, 0.6) is 0 Å². The molecule has 3 aromatic carbocycles. The molecule has 2 amide bonds. The predicted octanol–water partition coefficient (Wildman–Crippen LogP) is 5.03. The molecule has 0 unspecified atom stereocenters. The normalized spacial score (nSPS) is 10.5. The Kier molecular flexibility index (Phi) is 6.13. The second-order valence-corrected chi connectivity index (χ2v) is 7.52. The number of carbonyl (C=O) groups excluding carboxylic acids is 3. The molecule has 0 fully saturated rings. The number of carbonyl (C=O) groups is 3. The van der Waals surface area contributed by atoms with E-state index in [-0.39, 0.29) is 17.0 Å². The van der Waals surface area contributed by atoms with Gasteiger partial charge in [0.1, 0.15) is 5.76 Å². The van der Waals surface area contributed by atoms with Crippen molar-refractivity contribution in [2.24, 2.45) is 0 Å². The second kappa shape index (κ2) is 9.32. The Bertz CT molecular complexity index is 1340. The molecule has 0 saturated carbocycles. The van der Waals surface area contributed by atoms with Crippen molar-refractivity contribution in [2.45, 2.75) is 13.8 Å². The average molecular weight is 439 g/mol. The first-order chi connectivity index (χ1) is 15.9. The SMILES string of the molecule is Cc1ccc(NC(=O)c2ccccc2NC(=O)c2cc(C)on2)c(C(=O)c2ccccc2)c1. The Morgan fingerprint density at radius 2 is 1.39 bits per heavy atom. The van der Waals surface area contributed by atoms with Crippen LogP contribution in [0.1, 0.15) is 48.1 Å². The molecule has 0 saturated heterocycles. The fourth-order valence-electron chi connectivity index (χ4n) is 3.34. The van der Waals surface area contributed by atoms with Gasteiger partial charge in [-0.1, -0.05) is 59.3 Å². The van der Waals surface area contributed by atoms with E-state index < -0.39 is 11.8 Å². The lowest BCUT2D eigenvalue weighted by atomic mass is 9.99. The van der Waals surface area contributed by atoms with E-state index in [9.17, 15) is 14.4 Å². The van der Waals surface area contributed by atoms with Crippen LogP contribution >= 0.6 is 0 Å². The second-order valence-electron chi connectivity index (χ2n) is 7.52. The number of rotatable bonds is 6. The number of para-hydroxylation sites is 1. The molecular formula is C26H21N3O4. The van der Waals surface area contributed by atoms with Crippen LogP contribution < -0.4 is 10.6 Å². The molecule has 0 aliphatic rings. The molecule has 164 valence electrons. The van der Waals surface area contributed by atoms with E-state index in [2.05, 4.69) is 15.8 Å². The van der Waals surface area contributed by atoms with E-state index in [0.717, 1.165) is 5.56 Å². The molecule has 4 rings (SSSR count).